The van der Waals surface area contributed by atoms with Crippen molar-refractivity contribution in [2.24, 2.45) is 0 Å². The van der Waals surface area contributed by atoms with Crippen LogP contribution in [0.4, 0.5) is 5.69 Å². The van der Waals surface area contributed by atoms with E-state index in [1.165, 1.54) is 17.5 Å². The second-order valence-corrected chi connectivity index (χ2v) is 4.09. The average Bonchev–Trinajstić information content (AvgIpc) is 2.78. The molecule has 2 rings (SSSR count). The minimum atomic E-state index is 0.358. The highest BCUT2D eigenvalue weighted by Crippen LogP contribution is 2.31. The van der Waals surface area contributed by atoms with Crippen LogP contribution in [-0.4, -0.2) is 4.98 Å². The molecule has 0 unspecified atom stereocenters. The van der Waals surface area contributed by atoms with Gasteiger partial charge in [0.25, 0.3) is 0 Å². The molecule has 4 nitrogen and oxygen atoms in total. The molecule has 2 N–H and O–H groups in total. The molecule has 76 valence electrons. The molecule has 0 aliphatic carbocycles. The first kappa shape index (κ1) is 10.2. The van der Waals surface area contributed by atoms with Crippen LogP contribution in [0.2, 0.25) is 0 Å². The van der Waals surface area contributed by atoms with Crippen molar-refractivity contribution < 1.29 is 0 Å². The van der Waals surface area contributed by atoms with Gasteiger partial charge >= 0.3 is 0 Å². The fourth-order valence-corrected chi connectivity index (χ4v) is 2.11. The number of nitrogens with zero attached hydrogens (tertiary/aromatic N) is 3. The number of hydrogen-bond donors (Lipinski definition) is 1. The Morgan fingerprint density at radius 3 is 2.62 bits per heavy atom. The minimum Gasteiger partial charge on any atom is -0.396 e. The third-order valence-corrected chi connectivity index (χ3v) is 3.06. The van der Waals surface area contributed by atoms with E-state index in [1.807, 2.05) is 6.07 Å². The number of pyridine rings is 1. The molecule has 0 atom stereocenters. The second-order valence-electron chi connectivity index (χ2n) is 3.01. The maximum absolute atomic E-state index is 8.83. The van der Waals surface area contributed by atoms with Crippen LogP contribution in [0.15, 0.2) is 24.4 Å². The third kappa shape index (κ3) is 1.60. The molecule has 0 radical (unpaired) electrons. The van der Waals surface area contributed by atoms with Gasteiger partial charge in [-0.1, -0.05) is 0 Å². The minimum absolute atomic E-state index is 0.358. The van der Waals surface area contributed by atoms with Gasteiger partial charge in [-0.3, -0.25) is 4.98 Å². The van der Waals surface area contributed by atoms with Gasteiger partial charge in [-0.2, -0.15) is 10.5 Å². The highest BCUT2D eigenvalue weighted by Gasteiger charge is 2.10. The third-order valence-electron chi connectivity index (χ3n) is 2.06. The maximum Gasteiger partial charge on any atom is 0.110 e. The van der Waals surface area contributed by atoms with Gasteiger partial charge in [0.05, 0.1) is 16.1 Å². The van der Waals surface area contributed by atoms with Crippen molar-refractivity contribution in [2.75, 3.05) is 5.73 Å². The van der Waals surface area contributed by atoms with E-state index in [0.29, 0.717) is 21.8 Å². The standard InChI is InChI=1S/C11H6N4S/c12-5-7-3-4-15-11(10(7)14)9-2-1-8(6-13)16-9/h1-4H,14H2. The summed E-state index contributed by atoms with van der Waals surface area (Å²) in [4.78, 5) is 5.52. The Balaban J connectivity index is 2.58. The normalized spacial score (nSPS) is 9.38. The average molecular weight is 226 g/mol. The lowest BCUT2D eigenvalue weighted by Crippen LogP contribution is -1.95. The van der Waals surface area contributed by atoms with Gasteiger partial charge in [0.1, 0.15) is 22.7 Å². The highest BCUT2D eigenvalue weighted by molar-refractivity contribution is 7.16. The van der Waals surface area contributed by atoms with Crippen molar-refractivity contribution in [1.29, 1.82) is 10.5 Å². The monoisotopic (exact) mass is 226 g/mol. The van der Waals surface area contributed by atoms with E-state index in [0.717, 1.165) is 4.88 Å². The Labute approximate surface area is 96.2 Å². The van der Waals surface area contributed by atoms with Crippen LogP contribution in [0.25, 0.3) is 10.6 Å². The van der Waals surface area contributed by atoms with Crippen molar-refractivity contribution >= 4 is 17.0 Å². The first-order chi connectivity index (χ1) is 7.76. The largest absolute Gasteiger partial charge is 0.396 e. The van der Waals surface area contributed by atoms with Crippen LogP contribution in [0, 0.1) is 22.7 Å². The van der Waals surface area contributed by atoms with E-state index in [-0.39, 0.29) is 0 Å². The van der Waals surface area contributed by atoms with Crippen LogP contribution >= 0.6 is 11.3 Å². The van der Waals surface area contributed by atoms with Crippen LogP contribution < -0.4 is 5.73 Å². The lowest BCUT2D eigenvalue weighted by Gasteiger charge is -2.02. The quantitative estimate of drug-likeness (QED) is 0.806. The number of hydrogen-bond acceptors (Lipinski definition) is 5. The predicted molar refractivity (Wildman–Crippen MR) is 61.4 cm³/mol. The molecule has 2 aromatic rings. The van der Waals surface area contributed by atoms with E-state index in [9.17, 15) is 0 Å². The zero-order valence-electron chi connectivity index (χ0n) is 8.14. The van der Waals surface area contributed by atoms with Gasteiger partial charge in [0.2, 0.25) is 0 Å². The summed E-state index contributed by atoms with van der Waals surface area (Å²) < 4.78 is 0. The lowest BCUT2D eigenvalue weighted by atomic mass is 10.2. The van der Waals surface area contributed by atoms with Crippen LogP contribution in [0.5, 0.6) is 0 Å². The molecule has 0 saturated heterocycles. The number of nitrogen functional groups attached to an aromatic ring is 1. The maximum atomic E-state index is 8.83. The SMILES string of the molecule is N#Cc1ccc(-c2nccc(C#N)c2N)s1. The summed E-state index contributed by atoms with van der Waals surface area (Å²) in [5.74, 6) is 0. The molecular weight excluding hydrogens is 220 g/mol. The number of thiophene rings is 1. The summed E-state index contributed by atoms with van der Waals surface area (Å²) in [5.41, 5.74) is 7.13. The molecule has 0 saturated carbocycles. The zero-order chi connectivity index (χ0) is 11.5. The highest BCUT2D eigenvalue weighted by atomic mass is 32.1. The van der Waals surface area contributed by atoms with E-state index >= 15 is 0 Å². The molecule has 0 fully saturated rings. The fourth-order valence-electron chi connectivity index (χ4n) is 1.29. The van der Waals surface area contributed by atoms with Crippen LogP contribution in [0.3, 0.4) is 0 Å². The summed E-state index contributed by atoms with van der Waals surface area (Å²) in [5, 5.41) is 17.6. The summed E-state index contributed by atoms with van der Waals surface area (Å²) in [6.07, 6.45) is 1.54. The Kier molecular flexibility index (Phi) is 2.55. The Bertz CT molecular complexity index is 616. The van der Waals surface area contributed by atoms with Crippen molar-refractivity contribution in [3.8, 4) is 22.7 Å². The number of anilines is 1. The van der Waals surface area contributed by atoms with Gasteiger partial charge in [-0.15, -0.1) is 11.3 Å². The van der Waals surface area contributed by atoms with Crippen molar-refractivity contribution in [3.63, 3.8) is 0 Å². The summed E-state index contributed by atoms with van der Waals surface area (Å²) in [7, 11) is 0. The van der Waals surface area contributed by atoms with Gasteiger partial charge < -0.3 is 5.73 Å². The molecule has 16 heavy (non-hydrogen) atoms. The molecule has 5 heteroatoms. The van der Waals surface area contributed by atoms with Gasteiger partial charge in [0.15, 0.2) is 0 Å². The topological polar surface area (TPSA) is 86.5 Å². The summed E-state index contributed by atoms with van der Waals surface area (Å²) in [6, 6.07) is 9.11. The number of nitriles is 2. The summed E-state index contributed by atoms with van der Waals surface area (Å²) in [6.45, 7) is 0. The van der Waals surface area contributed by atoms with E-state index in [2.05, 4.69) is 11.1 Å². The molecule has 2 aromatic heterocycles. The van der Waals surface area contributed by atoms with Crippen molar-refractivity contribution in [2.45, 2.75) is 0 Å². The van der Waals surface area contributed by atoms with Crippen LogP contribution in [0.1, 0.15) is 10.4 Å². The molecule has 0 spiro atoms. The van der Waals surface area contributed by atoms with Gasteiger partial charge in [-0.25, -0.2) is 0 Å². The van der Waals surface area contributed by atoms with Crippen LogP contribution in [-0.2, 0) is 0 Å². The van der Waals surface area contributed by atoms with Gasteiger partial charge in [0, 0.05) is 6.20 Å². The smallest absolute Gasteiger partial charge is 0.110 e. The van der Waals surface area contributed by atoms with E-state index < -0.39 is 0 Å². The number of nitrogens with two attached hydrogens (primary N) is 1. The summed E-state index contributed by atoms with van der Waals surface area (Å²) >= 11 is 1.31. The Hall–Kier alpha value is -2.37. The molecular formula is C11H6N4S. The zero-order valence-corrected chi connectivity index (χ0v) is 8.95. The van der Waals surface area contributed by atoms with Crippen molar-refractivity contribution in [3.05, 3.63) is 34.8 Å². The molecule has 0 aromatic carbocycles. The molecule has 0 aliphatic rings. The first-order valence-corrected chi connectivity index (χ1v) is 5.23. The molecule has 0 amide bonds. The second kappa shape index (κ2) is 4.01. The molecule has 2 heterocycles. The first-order valence-electron chi connectivity index (χ1n) is 4.41. The molecule has 0 bridgehead atoms. The lowest BCUT2D eigenvalue weighted by molar-refractivity contribution is 1.32. The fraction of sp³-hybridized carbons (Fsp3) is 0. The van der Waals surface area contributed by atoms with E-state index in [1.54, 1.807) is 18.2 Å². The number of rotatable bonds is 1. The Morgan fingerprint density at radius 1 is 1.19 bits per heavy atom. The van der Waals surface area contributed by atoms with E-state index in [4.69, 9.17) is 16.3 Å². The van der Waals surface area contributed by atoms with Gasteiger partial charge in [-0.05, 0) is 18.2 Å². The van der Waals surface area contributed by atoms with Crippen molar-refractivity contribution in [1.82, 2.24) is 4.98 Å². The molecule has 0 aliphatic heterocycles. The Morgan fingerprint density at radius 2 is 2.00 bits per heavy atom. The number of aromatic nitrogens is 1. The predicted octanol–water partition coefficient (Wildman–Crippen LogP) is 2.14.